The van der Waals surface area contributed by atoms with Gasteiger partial charge in [-0.05, 0) is 6.92 Å². The fourth-order valence-electron chi connectivity index (χ4n) is 0.773. The molecule has 0 rings (SSSR count). The predicted molar refractivity (Wildman–Crippen MR) is 49.1 cm³/mol. The second-order valence-corrected chi connectivity index (χ2v) is 3.32. The number of nitrogens with one attached hydrogen (secondary N) is 1. The van der Waals surface area contributed by atoms with Crippen molar-refractivity contribution in [3.63, 3.8) is 0 Å². The van der Waals surface area contributed by atoms with E-state index in [2.05, 4.69) is 5.32 Å². The lowest BCUT2D eigenvalue weighted by Gasteiger charge is -2.13. The molecule has 76 valence electrons. The maximum atomic E-state index is 11.1. The first-order valence-corrected chi connectivity index (χ1v) is 4.38. The Balaban J connectivity index is 3.63. The van der Waals surface area contributed by atoms with Crippen LogP contribution in [0.5, 0.6) is 0 Å². The summed E-state index contributed by atoms with van der Waals surface area (Å²) in [6, 6.07) is 0. The molecule has 0 aromatic rings. The van der Waals surface area contributed by atoms with Gasteiger partial charge in [0.2, 0.25) is 5.91 Å². The van der Waals surface area contributed by atoms with Crippen molar-refractivity contribution in [2.75, 3.05) is 6.54 Å². The topological polar surface area (TPSA) is 55.4 Å². The van der Waals surface area contributed by atoms with E-state index in [1.807, 2.05) is 13.8 Å². The number of esters is 1. The number of carbonyl (C=O) groups excluding carboxylic acids is 2. The van der Waals surface area contributed by atoms with Gasteiger partial charge in [0.05, 0.1) is 6.54 Å². The van der Waals surface area contributed by atoms with Gasteiger partial charge in [-0.2, -0.15) is 0 Å². The van der Waals surface area contributed by atoms with Crippen LogP contribution in [-0.2, 0) is 14.3 Å². The Bertz CT molecular complexity index is 189. The lowest BCUT2D eigenvalue weighted by atomic mass is 10.2. The van der Waals surface area contributed by atoms with Crippen molar-refractivity contribution in [2.24, 2.45) is 5.92 Å². The Morgan fingerprint density at radius 1 is 1.31 bits per heavy atom. The summed E-state index contributed by atoms with van der Waals surface area (Å²) in [6.45, 7) is 7.08. The van der Waals surface area contributed by atoms with Gasteiger partial charge in [0, 0.05) is 12.8 Å². The monoisotopic (exact) mass is 187 g/mol. The summed E-state index contributed by atoms with van der Waals surface area (Å²) in [7, 11) is 0. The largest absolute Gasteiger partial charge is 0.461 e. The molecule has 0 heterocycles. The maximum absolute atomic E-state index is 11.1. The van der Waals surface area contributed by atoms with Gasteiger partial charge >= 0.3 is 5.97 Å². The number of carbonyl (C=O) groups is 2. The minimum absolute atomic E-state index is 0.0287. The molecule has 0 aliphatic rings. The average molecular weight is 187 g/mol. The average Bonchev–Trinajstić information content (AvgIpc) is 1.98. The van der Waals surface area contributed by atoms with E-state index in [1.165, 1.54) is 6.92 Å². The zero-order valence-corrected chi connectivity index (χ0v) is 8.59. The van der Waals surface area contributed by atoms with Gasteiger partial charge in [-0.15, -0.1) is 0 Å². The molecule has 0 aromatic heterocycles. The Morgan fingerprint density at radius 3 is 2.23 bits per heavy atom. The highest BCUT2D eigenvalue weighted by Crippen LogP contribution is 1.93. The molecule has 0 aliphatic carbocycles. The molecule has 0 bridgehead atoms. The molecular weight excluding hydrogens is 170 g/mol. The van der Waals surface area contributed by atoms with E-state index in [4.69, 9.17) is 4.74 Å². The van der Waals surface area contributed by atoms with Crippen molar-refractivity contribution in [3.05, 3.63) is 0 Å². The molecular formula is C9H17NO3. The highest BCUT2D eigenvalue weighted by atomic mass is 16.5. The zero-order valence-electron chi connectivity index (χ0n) is 8.59. The zero-order chi connectivity index (χ0) is 10.4. The molecule has 0 radical (unpaired) electrons. The highest BCUT2D eigenvalue weighted by molar-refractivity contribution is 5.77. The summed E-state index contributed by atoms with van der Waals surface area (Å²) in [6.07, 6.45) is -0.264. The first-order chi connectivity index (χ1) is 5.93. The Labute approximate surface area is 78.6 Å². The quantitative estimate of drug-likeness (QED) is 0.659. The number of amides is 1. The van der Waals surface area contributed by atoms with Crippen molar-refractivity contribution in [2.45, 2.75) is 33.8 Å². The van der Waals surface area contributed by atoms with Crippen LogP contribution in [-0.4, -0.2) is 24.5 Å². The van der Waals surface area contributed by atoms with Gasteiger partial charge in [-0.1, -0.05) is 13.8 Å². The Hall–Kier alpha value is -1.06. The van der Waals surface area contributed by atoms with E-state index in [1.54, 1.807) is 6.92 Å². The summed E-state index contributed by atoms with van der Waals surface area (Å²) in [5, 5.41) is 2.67. The van der Waals surface area contributed by atoms with Crippen molar-refractivity contribution in [3.8, 4) is 0 Å². The fourth-order valence-corrected chi connectivity index (χ4v) is 0.773. The molecule has 1 N–H and O–H groups in total. The molecule has 0 saturated heterocycles. The molecule has 0 aromatic carbocycles. The van der Waals surface area contributed by atoms with E-state index < -0.39 is 0 Å². The van der Waals surface area contributed by atoms with Crippen molar-refractivity contribution in [1.82, 2.24) is 5.32 Å². The molecule has 0 saturated carbocycles. The van der Waals surface area contributed by atoms with Gasteiger partial charge < -0.3 is 10.1 Å². The molecule has 0 fully saturated rings. The van der Waals surface area contributed by atoms with Crippen LogP contribution in [0.4, 0.5) is 0 Å². The molecule has 13 heavy (non-hydrogen) atoms. The second-order valence-electron chi connectivity index (χ2n) is 3.32. The van der Waals surface area contributed by atoms with Gasteiger partial charge in [-0.3, -0.25) is 9.59 Å². The van der Waals surface area contributed by atoms with Crippen molar-refractivity contribution >= 4 is 11.9 Å². The minimum Gasteiger partial charge on any atom is -0.461 e. The first kappa shape index (κ1) is 11.9. The van der Waals surface area contributed by atoms with E-state index in [0.29, 0.717) is 6.54 Å². The van der Waals surface area contributed by atoms with Crippen LogP contribution in [0.2, 0.25) is 0 Å². The first-order valence-electron chi connectivity index (χ1n) is 4.38. The lowest BCUT2D eigenvalue weighted by molar-refractivity contribution is -0.146. The third-order valence-corrected chi connectivity index (χ3v) is 1.46. The smallest absolute Gasteiger partial charge is 0.302 e. The lowest BCUT2D eigenvalue weighted by Crippen LogP contribution is -2.35. The van der Waals surface area contributed by atoms with E-state index >= 15 is 0 Å². The minimum atomic E-state index is -0.328. The molecule has 0 spiro atoms. The van der Waals surface area contributed by atoms with Gasteiger partial charge in [0.15, 0.2) is 0 Å². The summed E-state index contributed by atoms with van der Waals surface area (Å²) in [5.41, 5.74) is 0. The van der Waals surface area contributed by atoms with Crippen molar-refractivity contribution in [1.29, 1.82) is 0 Å². The number of hydrogen-bond acceptors (Lipinski definition) is 3. The van der Waals surface area contributed by atoms with E-state index in [-0.39, 0.29) is 23.9 Å². The Kier molecular flexibility index (Phi) is 5.11. The summed E-state index contributed by atoms with van der Waals surface area (Å²) in [5.74, 6) is -0.394. The normalized spacial score (nSPS) is 12.4. The molecule has 1 amide bonds. The molecule has 4 heteroatoms. The highest BCUT2D eigenvalue weighted by Gasteiger charge is 2.09. The third kappa shape index (κ3) is 6.13. The molecule has 1 atom stereocenters. The van der Waals surface area contributed by atoms with Crippen LogP contribution in [0.15, 0.2) is 0 Å². The summed E-state index contributed by atoms with van der Waals surface area (Å²) >= 11 is 0. The van der Waals surface area contributed by atoms with Crippen LogP contribution in [0, 0.1) is 5.92 Å². The van der Waals surface area contributed by atoms with E-state index in [9.17, 15) is 9.59 Å². The van der Waals surface area contributed by atoms with Crippen LogP contribution < -0.4 is 5.32 Å². The molecule has 4 nitrogen and oxygen atoms in total. The van der Waals surface area contributed by atoms with Gasteiger partial charge in [0.25, 0.3) is 0 Å². The SMILES string of the molecule is CC(=O)OC(C)CNC(=O)C(C)C. The van der Waals surface area contributed by atoms with Crippen LogP contribution >= 0.6 is 0 Å². The second kappa shape index (κ2) is 5.56. The standard InChI is InChI=1S/C9H17NO3/c1-6(2)9(12)10-5-7(3)13-8(4)11/h6-7H,5H2,1-4H3,(H,10,12). The van der Waals surface area contributed by atoms with Crippen LogP contribution in [0.3, 0.4) is 0 Å². The molecule has 1 unspecified atom stereocenters. The van der Waals surface area contributed by atoms with Gasteiger partial charge in [0.1, 0.15) is 6.10 Å². The van der Waals surface area contributed by atoms with Gasteiger partial charge in [-0.25, -0.2) is 0 Å². The predicted octanol–water partition coefficient (Wildman–Crippen LogP) is 0.710. The fraction of sp³-hybridized carbons (Fsp3) is 0.778. The number of ether oxygens (including phenoxy) is 1. The van der Waals surface area contributed by atoms with Crippen molar-refractivity contribution < 1.29 is 14.3 Å². The maximum Gasteiger partial charge on any atom is 0.302 e. The summed E-state index contributed by atoms with van der Waals surface area (Å²) < 4.78 is 4.83. The summed E-state index contributed by atoms with van der Waals surface area (Å²) in [4.78, 5) is 21.6. The molecule has 0 aliphatic heterocycles. The number of rotatable bonds is 4. The third-order valence-electron chi connectivity index (χ3n) is 1.46. The number of hydrogen-bond donors (Lipinski definition) is 1. The van der Waals surface area contributed by atoms with E-state index in [0.717, 1.165) is 0 Å². The van der Waals surface area contributed by atoms with Crippen LogP contribution in [0.1, 0.15) is 27.7 Å². The van der Waals surface area contributed by atoms with Crippen LogP contribution in [0.25, 0.3) is 0 Å². The Morgan fingerprint density at radius 2 is 1.85 bits per heavy atom.